The molecule has 0 radical (unpaired) electrons. The lowest BCUT2D eigenvalue weighted by Crippen LogP contribution is -1.99. The maximum absolute atomic E-state index is 13.6. The average Bonchev–Trinajstić information content (AvgIpc) is 2.79. The number of phenolic OH excluding ortho intramolecular Hbond substituents is 1. The molecular weight excluding hydrogens is 330 g/mol. The summed E-state index contributed by atoms with van der Waals surface area (Å²) in [5.74, 6) is 0.183. The Morgan fingerprint density at radius 1 is 0.846 bits per heavy atom. The lowest BCUT2D eigenvalue weighted by atomic mass is 9.90. The molecule has 0 unspecified atom stereocenters. The molecule has 1 nitrogen and oxygen atoms in total. The van der Waals surface area contributed by atoms with Crippen LogP contribution in [0.15, 0.2) is 66.7 Å². The van der Waals surface area contributed by atoms with Crippen LogP contribution in [0.2, 0.25) is 0 Å². The SMILES string of the molecule is Oc1cccc(/C=C2/c3ccccc3CCc3c2cccc3C(F)F)c1. The van der Waals surface area contributed by atoms with E-state index in [0.717, 1.165) is 34.2 Å². The molecule has 1 aliphatic carbocycles. The number of halogens is 2. The summed E-state index contributed by atoms with van der Waals surface area (Å²) in [6.45, 7) is 0. The highest BCUT2D eigenvalue weighted by Crippen LogP contribution is 2.38. The molecule has 0 aromatic heterocycles. The molecule has 3 heteroatoms. The average molecular weight is 348 g/mol. The van der Waals surface area contributed by atoms with E-state index in [4.69, 9.17) is 0 Å². The van der Waals surface area contributed by atoms with Gasteiger partial charge in [-0.1, -0.05) is 54.6 Å². The Balaban J connectivity index is 1.99. The number of hydrogen-bond acceptors (Lipinski definition) is 1. The molecule has 130 valence electrons. The van der Waals surface area contributed by atoms with Crippen LogP contribution >= 0.6 is 0 Å². The largest absolute Gasteiger partial charge is 0.508 e. The van der Waals surface area contributed by atoms with Crippen molar-refractivity contribution >= 4 is 11.6 Å². The highest BCUT2D eigenvalue weighted by Gasteiger charge is 2.23. The third kappa shape index (κ3) is 3.01. The molecule has 4 rings (SSSR count). The second-order valence-electron chi connectivity index (χ2n) is 6.48. The van der Waals surface area contributed by atoms with Crippen LogP contribution in [0.4, 0.5) is 8.78 Å². The fourth-order valence-corrected chi connectivity index (χ4v) is 3.68. The Morgan fingerprint density at radius 2 is 1.62 bits per heavy atom. The Bertz CT molecular complexity index is 989. The Hall–Kier alpha value is -2.94. The predicted molar refractivity (Wildman–Crippen MR) is 100 cm³/mol. The monoisotopic (exact) mass is 348 g/mol. The molecule has 0 bridgehead atoms. The first-order chi connectivity index (χ1) is 12.6. The van der Waals surface area contributed by atoms with E-state index in [1.165, 1.54) is 6.07 Å². The highest BCUT2D eigenvalue weighted by atomic mass is 19.3. The fourth-order valence-electron chi connectivity index (χ4n) is 3.68. The van der Waals surface area contributed by atoms with E-state index in [0.29, 0.717) is 12.0 Å². The number of benzene rings is 3. The van der Waals surface area contributed by atoms with Gasteiger partial charge in [-0.05, 0) is 64.4 Å². The van der Waals surface area contributed by atoms with Crippen LogP contribution in [0.3, 0.4) is 0 Å². The normalized spacial score (nSPS) is 14.8. The van der Waals surface area contributed by atoms with Gasteiger partial charge in [-0.15, -0.1) is 0 Å². The second kappa shape index (κ2) is 6.75. The van der Waals surface area contributed by atoms with Crippen molar-refractivity contribution < 1.29 is 13.9 Å². The summed E-state index contributed by atoms with van der Waals surface area (Å²) in [7, 11) is 0. The zero-order chi connectivity index (χ0) is 18.1. The van der Waals surface area contributed by atoms with Crippen LogP contribution in [-0.2, 0) is 12.8 Å². The predicted octanol–water partition coefficient (Wildman–Crippen LogP) is 6.02. The van der Waals surface area contributed by atoms with E-state index < -0.39 is 6.43 Å². The molecule has 0 aliphatic heterocycles. The molecule has 3 aromatic carbocycles. The smallest absolute Gasteiger partial charge is 0.264 e. The van der Waals surface area contributed by atoms with Crippen LogP contribution in [0.25, 0.3) is 11.6 Å². The van der Waals surface area contributed by atoms with Gasteiger partial charge in [-0.2, -0.15) is 0 Å². The van der Waals surface area contributed by atoms with E-state index in [2.05, 4.69) is 6.07 Å². The first-order valence-corrected chi connectivity index (χ1v) is 8.63. The molecule has 0 heterocycles. The van der Waals surface area contributed by atoms with Crippen LogP contribution in [0.1, 0.15) is 39.8 Å². The Kier molecular flexibility index (Phi) is 4.29. The first-order valence-electron chi connectivity index (χ1n) is 8.63. The summed E-state index contributed by atoms with van der Waals surface area (Å²) in [6, 6.07) is 20.1. The van der Waals surface area contributed by atoms with Crippen LogP contribution in [0.5, 0.6) is 5.75 Å². The molecule has 0 amide bonds. The maximum Gasteiger partial charge on any atom is 0.264 e. The van der Waals surface area contributed by atoms with Gasteiger partial charge in [0.05, 0.1) is 0 Å². The minimum absolute atomic E-state index is 0.108. The van der Waals surface area contributed by atoms with Crippen molar-refractivity contribution in [2.24, 2.45) is 0 Å². The van der Waals surface area contributed by atoms with Crippen molar-refractivity contribution in [2.75, 3.05) is 0 Å². The van der Waals surface area contributed by atoms with Crippen LogP contribution < -0.4 is 0 Å². The van der Waals surface area contributed by atoms with Crippen LogP contribution in [-0.4, -0.2) is 5.11 Å². The van der Waals surface area contributed by atoms with Crippen molar-refractivity contribution in [3.8, 4) is 5.75 Å². The fraction of sp³-hybridized carbons (Fsp3) is 0.130. The lowest BCUT2D eigenvalue weighted by molar-refractivity contribution is 0.150. The molecule has 1 N–H and O–H groups in total. The summed E-state index contributed by atoms with van der Waals surface area (Å²) in [5.41, 5.74) is 5.63. The number of hydrogen-bond donors (Lipinski definition) is 1. The zero-order valence-electron chi connectivity index (χ0n) is 14.1. The van der Waals surface area contributed by atoms with Gasteiger partial charge in [-0.3, -0.25) is 0 Å². The van der Waals surface area contributed by atoms with Crippen LogP contribution in [0, 0.1) is 0 Å². The minimum Gasteiger partial charge on any atom is -0.508 e. The molecular formula is C23H18F2O. The second-order valence-corrected chi connectivity index (χ2v) is 6.48. The van der Waals surface area contributed by atoms with Crippen molar-refractivity contribution in [2.45, 2.75) is 19.3 Å². The van der Waals surface area contributed by atoms with Crippen molar-refractivity contribution in [3.05, 3.63) is 100 Å². The zero-order valence-corrected chi connectivity index (χ0v) is 14.1. The molecule has 0 atom stereocenters. The molecule has 3 aromatic rings. The summed E-state index contributed by atoms with van der Waals surface area (Å²) in [4.78, 5) is 0. The molecule has 0 spiro atoms. The van der Waals surface area contributed by atoms with Gasteiger partial charge in [0.2, 0.25) is 0 Å². The Morgan fingerprint density at radius 3 is 2.42 bits per heavy atom. The van der Waals surface area contributed by atoms with Gasteiger partial charge in [0.1, 0.15) is 5.75 Å². The summed E-state index contributed by atoms with van der Waals surface area (Å²) in [5, 5.41) is 9.78. The molecule has 0 fully saturated rings. The van der Waals surface area contributed by atoms with E-state index in [-0.39, 0.29) is 11.3 Å². The molecule has 26 heavy (non-hydrogen) atoms. The van der Waals surface area contributed by atoms with Gasteiger partial charge in [0, 0.05) is 5.56 Å². The number of alkyl halides is 2. The first kappa shape index (κ1) is 16.5. The van der Waals surface area contributed by atoms with E-state index in [1.54, 1.807) is 24.3 Å². The van der Waals surface area contributed by atoms with Gasteiger partial charge in [0.15, 0.2) is 0 Å². The van der Waals surface area contributed by atoms with E-state index >= 15 is 0 Å². The summed E-state index contributed by atoms with van der Waals surface area (Å²) >= 11 is 0. The van der Waals surface area contributed by atoms with Gasteiger partial charge < -0.3 is 5.11 Å². The molecule has 0 saturated carbocycles. The number of phenols is 1. The minimum atomic E-state index is -2.49. The van der Waals surface area contributed by atoms with Gasteiger partial charge in [0.25, 0.3) is 6.43 Å². The summed E-state index contributed by atoms with van der Waals surface area (Å²) in [6.07, 6.45) is 0.792. The highest BCUT2D eigenvalue weighted by molar-refractivity contribution is 5.94. The third-order valence-electron chi connectivity index (χ3n) is 4.87. The maximum atomic E-state index is 13.6. The van der Waals surface area contributed by atoms with Crippen molar-refractivity contribution in [3.63, 3.8) is 0 Å². The molecule has 1 aliphatic rings. The van der Waals surface area contributed by atoms with Crippen molar-refractivity contribution in [1.29, 1.82) is 0 Å². The van der Waals surface area contributed by atoms with Gasteiger partial charge in [-0.25, -0.2) is 8.78 Å². The Labute approximate surface area is 151 Å². The van der Waals surface area contributed by atoms with Crippen molar-refractivity contribution in [1.82, 2.24) is 0 Å². The van der Waals surface area contributed by atoms with E-state index in [9.17, 15) is 13.9 Å². The number of aryl methyl sites for hydroxylation is 1. The number of rotatable bonds is 2. The molecule has 0 saturated heterocycles. The van der Waals surface area contributed by atoms with Gasteiger partial charge >= 0.3 is 0 Å². The number of aromatic hydroxyl groups is 1. The summed E-state index contributed by atoms with van der Waals surface area (Å²) < 4.78 is 27.1. The quantitative estimate of drug-likeness (QED) is 0.600. The standard InChI is InChI=1S/C23H18F2O/c24-23(25)21-10-4-9-19-20(21)12-11-16-6-1-2-8-18(16)22(19)14-15-5-3-7-17(26)13-15/h1-10,13-14,23,26H,11-12H2/b22-14-. The third-order valence-corrected chi connectivity index (χ3v) is 4.87. The topological polar surface area (TPSA) is 20.2 Å². The number of fused-ring (bicyclic) bond motifs is 2. The lowest BCUT2D eigenvalue weighted by Gasteiger charge is -2.15. The van der Waals surface area contributed by atoms with E-state index in [1.807, 2.05) is 36.4 Å².